The van der Waals surface area contributed by atoms with E-state index in [-0.39, 0.29) is 35.8 Å². The van der Waals surface area contributed by atoms with Crippen LogP contribution in [0, 0.1) is 21.7 Å². The van der Waals surface area contributed by atoms with Gasteiger partial charge >= 0.3 is 5.97 Å². The molecule has 2 aromatic rings. The largest absolute Gasteiger partial charge is 0.452 e. The first-order chi connectivity index (χ1) is 13.3. The lowest BCUT2D eigenvalue weighted by Crippen LogP contribution is -2.22. The van der Waals surface area contributed by atoms with E-state index in [1.807, 2.05) is 0 Å². The van der Waals surface area contributed by atoms with Gasteiger partial charge in [-0.3, -0.25) is 14.9 Å². The summed E-state index contributed by atoms with van der Waals surface area (Å²) in [5.41, 5.74) is -0.736. The van der Waals surface area contributed by atoms with E-state index in [0.717, 1.165) is 24.3 Å². The number of non-ortho nitro benzene ring substituents is 1. The molecule has 11 heteroatoms. The lowest BCUT2D eigenvalue weighted by molar-refractivity contribution is -0.384. The third-order valence-corrected chi connectivity index (χ3v) is 3.40. The predicted molar refractivity (Wildman–Crippen MR) is 93.9 cm³/mol. The molecule has 3 N–H and O–H groups in total. The van der Waals surface area contributed by atoms with Gasteiger partial charge in [0.1, 0.15) is 11.6 Å². The number of anilines is 2. The van der Waals surface area contributed by atoms with Crippen LogP contribution in [0.3, 0.4) is 0 Å². The molecule has 2 rings (SSSR count). The Bertz CT molecular complexity index is 906. The number of hydrogen-bond acceptors (Lipinski definition) is 7. The SMILES string of the molecule is O=C(COC(=O)c1cc([N+](=O)[O-])ccc1NCCO)Nc1ccc(F)cc1F. The number of rotatable bonds is 8. The van der Waals surface area contributed by atoms with Crippen molar-refractivity contribution in [3.05, 3.63) is 63.7 Å². The Balaban J connectivity index is 2.07. The molecular weight excluding hydrogens is 380 g/mol. The van der Waals surface area contributed by atoms with Gasteiger partial charge in [0.2, 0.25) is 0 Å². The summed E-state index contributed by atoms with van der Waals surface area (Å²) in [6, 6.07) is 5.89. The van der Waals surface area contributed by atoms with Crippen LogP contribution in [-0.2, 0) is 9.53 Å². The molecule has 0 unspecified atom stereocenters. The van der Waals surface area contributed by atoms with E-state index in [1.165, 1.54) is 6.07 Å². The van der Waals surface area contributed by atoms with Crippen molar-refractivity contribution in [1.29, 1.82) is 0 Å². The van der Waals surface area contributed by atoms with Gasteiger partial charge in [-0.25, -0.2) is 13.6 Å². The third kappa shape index (κ3) is 5.45. The fourth-order valence-electron chi connectivity index (χ4n) is 2.15. The van der Waals surface area contributed by atoms with Crippen LogP contribution in [0.2, 0.25) is 0 Å². The zero-order chi connectivity index (χ0) is 20.7. The van der Waals surface area contributed by atoms with E-state index < -0.39 is 35.0 Å². The second-order valence-electron chi connectivity index (χ2n) is 5.39. The van der Waals surface area contributed by atoms with E-state index in [0.29, 0.717) is 6.07 Å². The molecule has 0 saturated heterocycles. The van der Waals surface area contributed by atoms with Crippen molar-refractivity contribution in [2.24, 2.45) is 0 Å². The normalized spacial score (nSPS) is 10.2. The van der Waals surface area contributed by atoms with Gasteiger partial charge in [0.05, 0.1) is 22.8 Å². The summed E-state index contributed by atoms with van der Waals surface area (Å²) in [7, 11) is 0. The number of amides is 1. The summed E-state index contributed by atoms with van der Waals surface area (Å²) in [6.07, 6.45) is 0. The Hall–Kier alpha value is -3.60. The number of esters is 1. The first-order valence-corrected chi connectivity index (χ1v) is 7.87. The number of aliphatic hydroxyl groups excluding tert-OH is 1. The molecule has 0 bridgehead atoms. The minimum Gasteiger partial charge on any atom is -0.452 e. The molecular formula is C17H15F2N3O6. The number of nitro groups is 1. The summed E-state index contributed by atoms with van der Waals surface area (Å²) in [4.78, 5) is 34.2. The lowest BCUT2D eigenvalue weighted by Gasteiger charge is -2.11. The van der Waals surface area contributed by atoms with Gasteiger partial charge < -0.3 is 20.5 Å². The quantitative estimate of drug-likeness (QED) is 0.354. The van der Waals surface area contributed by atoms with Crippen LogP contribution in [0.1, 0.15) is 10.4 Å². The topological polar surface area (TPSA) is 131 Å². The van der Waals surface area contributed by atoms with Gasteiger partial charge in [0, 0.05) is 30.4 Å². The molecule has 0 aromatic heterocycles. The van der Waals surface area contributed by atoms with Crippen molar-refractivity contribution >= 4 is 28.9 Å². The van der Waals surface area contributed by atoms with Gasteiger partial charge in [-0.2, -0.15) is 0 Å². The molecule has 9 nitrogen and oxygen atoms in total. The summed E-state index contributed by atoms with van der Waals surface area (Å²) in [5, 5.41) is 24.6. The first kappa shape index (κ1) is 20.7. The number of ether oxygens (including phenoxy) is 1. The first-order valence-electron chi connectivity index (χ1n) is 7.87. The second-order valence-corrected chi connectivity index (χ2v) is 5.39. The Kier molecular flexibility index (Phi) is 6.93. The highest BCUT2D eigenvalue weighted by Gasteiger charge is 2.19. The number of nitrogens with one attached hydrogen (secondary N) is 2. The highest BCUT2D eigenvalue weighted by molar-refractivity contribution is 5.99. The van der Waals surface area contributed by atoms with E-state index in [4.69, 9.17) is 9.84 Å². The molecule has 0 radical (unpaired) electrons. The smallest absolute Gasteiger partial charge is 0.341 e. The highest BCUT2D eigenvalue weighted by atomic mass is 19.1. The maximum absolute atomic E-state index is 13.5. The molecule has 0 aliphatic carbocycles. The van der Waals surface area contributed by atoms with E-state index >= 15 is 0 Å². The number of nitrogens with zero attached hydrogens (tertiary/aromatic N) is 1. The number of nitro benzene ring substituents is 1. The second kappa shape index (κ2) is 9.37. The zero-order valence-corrected chi connectivity index (χ0v) is 14.3. The van der Waals surface area contributed by atoms with E-state index in [1.54, 1.807) is 0 Å². The van der Waals surface area contributed by atoms with Crippen molar-refractivity contribution < 1.29 is 33.1 Å². The fourth-order valence-corrected chi connectivity index (χ4v) is 2.15. The van der Waals surface area contributed by atoms with E-state index in [9.17, 15) is 28.5 Å². The molecule has 0 atom stereocenters. The molecule has 0 saturated carbocycles. The Morgan fingerprint density at radius 3 is 2.50 bits per heavy atom. The lowest BCUT2D eigenvalue weighted by atomic mass is 10.1. The predicted octanol–water partition coefficient (Wildman–Crippen LogP) is 2.07. The maximum atomic E-state index is 13.5. The average Bonchev–Trinajstić information content (AvgIpc) is 2.66. The molecule has 0 spiro atoms. The molecule has 0 heterocycles. The minimum absolute atomic E-state index is 0.0718. The van der Waals surface area contributed by atoms with Crippen LogP contribution in [0.4, 0.5) is 25.8 Å². The van der Waals surface area contributed by atoms with E-state index in [2.05, 4.69) is 10.6 Å². The molecule has 0 aliphatic heterocycles. The van der Waals surface area contributed by atoms with Crippen LogP contribution >= 0.6 is 0 Å². The number of carbonyl (C=O) groups excluding carboxylic acids is 2. The van der Waals surface area contributed by atoms with Crippen LogP contribution in [0.15, 0.2) is 36.4 Å². The number of halogens is 2. The monoisotopic (exact) mass is 395 g/mol. The van der Waals surface area contributed by atoms with Crippen LogP contribution < -0.4 is 10.6 Å². The van der Waals surface area contributed by atoms with Gasteiger partial charge in [-0.05, 0) is 18.2 Å². The standard InChI is InChI=1S/C17H15F2N3O6/c18-10-1-3-15(13(19)7-10)21-16(24)9-28-17(25)12-8-11(22(26)27)2-4-14(12)20-5-6-23/h1-4,7-8,20,23H,5-6,9H2,(H,21,24). The van der Waals surface area contributed by atoms with Gasteiger partial charge in [0.25, 0.3) is 11.6 Å². The average molecular weight is 395 g/mol. The van der Waals surface area contributed by atoms with Crippen molar-refractivity contribution in [2.45, 2.75) is 0 Å². The summed E-state index contributed by atoms with van der Waals surface area (Å²) >= 11 is 0. The minimum atomic E-state index is -1.04. The van der Waals surface area contributed by atoms with Crippen molar-refractivity contribution in [3.63, 3.8) is 0 Å². The Morgan fingerprint density at radius 1 is 1.14 bits per heavy atom. The highest BCUT2D eigenvalue weighted by Crippen LogP contribution is 2.23. The number of carbonyl (C=O) groups is 2. The van der Waals surface area contributed by atoms with Crippen LogP contribution in [0.5, 0.6) is 0 Å². The van der Waals surface area contributed by atoms with Gasteiger partial charge in [-0.1, -0.05) is 0 Å². The Morgan fingerprint density at radius 2 is 1.86 bits per heavy atom. The summed E-state index contributed by atoms with van der Waals surface area (Å²) in [5.74, 6) is -3.77. The molecule has 2 aromatic carbocycles. The number of hydrogen-bond donors (Lipinski definition) is 3. The molecule has 1 amide bonds. The third-order valence-electron chi connectivity index (χ3n) is 3.40. The van der Waals surface area contributed by atoms with Crippen LogP contribution in [-0.4, -0.2) is 41.7 Å². The fraction of sp³-hybridized carbons (Fsp3) is 0.176. The molecule has 0 fully saturated rings. The molecule has 148 valence electrons. The summed E-state index contributed by atoms with van der Waals surface area (Å²) in [6.45, 7) is -0.989. The zero-order valence-electron chi connectivity index (χ0n) is 14.3. The van der Waals surface area contributed by atoms with Gasteiger partial charge in [-0.15, -0.1) is 0 Å². The van der Waals surface area contributed by atoms with Crippen LogP contribution in [0.25, 0.3) is 0 Å². The summed E-state index contributed by atoms with van der Waals surface area (Å²) < 4.78 is 31.2. The van der Waals surface area contributed by atoms with Crippen molar-refractivity contribution in [1.82, 2.24) is 0 Å². The molecule has 0 aliphatic rings. The van der Waals surface area contributed by atoms with Gasteiger partial charge in [0.15, 0.2) is 6.61 Å². The van der Waals surface area contributed by atoms with Crippen molar-refractivity contribution in [3.8, 4) is 0 Å². The molecule has 28 heavy (non-hydrogen) atoms. The van der Waals surface area contributed by atoms with Crippen molar-refractivity contribution in [2.75, 3.05) is 30.4 Å². The Labute approximate surface area is 157 Å². The number of benzene rings is 2. The number of aliphatic hydroxyl groups is 1. The maximum Gasteiger partial charge on any atom is 0.341 e.